The van der Waals surface area contributed by atoms with Crippen molar-refractivity contribution in [2.45, 2.75) is 23.1 Å². The van der Waals surface area contributed by atoms with Gasteiger partial charge in [0.25, 0.3) is 11.5 Å². The van der Waals surface area contributed by atoms with Crippen LogP contribution < -0.4 is 16.4 Å². The minimum Gasteiger partial charge on any atom is -0.303 e. The van der Waals surface area contributed by atoms with Gasteiger partial charge >= 0.3 is 0 Å². The molecule has 9 nitrogen and oxygen atoms in total. The van der Waals surface area contributed by atoms with Crippen LogP contribution in [0, 0.1) is 5.41 Å². The number of anilines is 1. The highest BCUT2D eigenvalue weighted by Gasteiger charge is 2.22. The van der Waals surface area contributed by atoms with Crippen LogP contribution in [0.3, 0.4) is 0 Å². The van der Waals surface area contributed by atoms with E-state index in [0.29, 0.717) is 20.8 Å². The standard InChI is InChI=1S/C29H23N7O2S2/c1-18(20-12-6-3-7-13-20)36-24(30)21(16-22-25(36)31-23-14-8-9-15-35(23)27(22)38)26(37)32-28-33-34-29(40-28)39-17-19-10-4-2-5-11-19/h2-16,18,30H,17H2,1H3,(H,32,33,37). The maximum absolute atomic E-state index is 13.5. The number of pyridine rings is 2. The van der Waals surface area contributed by atoms with Crippen molar-refractivity contribution in [3.63, 3.8) is 0 Å². The van der Waals surface area contributed by atoms with Crippen molar-refractivity contribution < 1.29 is 4.79 Å². The van der Waals surface area contributed by atoms with Crippen LogP contribution in [0.4, 0.5) is 5.13 Å². The summed E-state index contributed by atoms with van der Waals surface area (Å²) in [6.07, 6.45) is 1.64. The molecule has 0 spiro atoms. The van der Waals surface area contributed by atoms with Gasteiger partial charge in [0.1, 0.15) is 16.8 Å². The monoisotopic (exact) mass is 565 g/mol. The Morgan fingerprint density at radius 3 is 2.52 bits per heavy atom. The molecule has 1 amide bonds. The fourth-order valence-corrected chi connectivity index (χ4v) is 6.19. The summed E-state index contributed by atoms with van der Waals surface area (Å²) in [5, 5.41) is 20.7. The van der Waals surface area contributed by atoms with Gasteiger partial charge in [-0.3, -0.25) is 24.7 Å². The molecule has 0 aliphatic heterocycles. The van der Waals surface area contributed by atoms with Crippen molar-refractivity contribution in [3.8, 4) is 0 Å². The molecule has 1 unspecified atom stereocenters. The van der Waals surface area contributed by atoms with Gasteiger partial charge in [0, 0.05) is 11.9 Å². The highest BCUT2D eigenvalue weighted by Crippen LogP contribution is 2.28. The zero-order valence-corrected chi connectivity index (χ0v) is 22.9. The molecule has 6 rings (SSSR count). The van der Waals surface area contributed by atoms with Crippen LogP contribution in [-0.2, 0) is 5.75 Å². The number of fused-ring (bicyclic) bond motifs is 2. The van der Waals surface area contributed by atoms with Gasteiger partial charge in [0.15, 0.2) is 4.34 Å². The molecular weight excluding hydrogens is 543 g/mol. The van der Waals surface area contributed by atoms with E-state index in [9.17, 15) is 9.59 Å². The lowest BCUT2D eigenvalue weighted by Crippen LogP contribution is -2.34. The van der Waals surface area contributed by atoms with Crippen molar-refractivity contribution in [3.05, 3.63) is 124 Å². The van der Waals surface area contributed by atoms with Crippen LogP contribution in [0.15, 0.2) is 100 Å². The molecular formula is C29H23N7O2S2. The Kier molecular flexibility index (Phi) is 6.97. The van der Waals surface area contributed by atoms with Crippen LogP contribution in [0.2, 0.25) is 0 Å². The van der Waals surface area contributed by atoms with Gasteiger partial charge in [0.05, 0.1) is 17.0 Å². The van der Waals surface area contributed by atoms with Gasteiger partial charge in [-0.2, -0.15) is 0 Å². The van der Waals surface area contributed by atoms with Crippen molar-refractivity contribution >= 4 is 50.8 Å². The van der Waals surface area contributed by atoms with Gasteiger partial charge in [-0.1, -0.05) is 89.8 Å². The van der Waals surface area contributed by atoms with Crippen molar-refractivity contribution in [2.24, 2.45) is 0 Å². The van der Waals surface area contributed by atoms with E-state index in [1.165, 1.54) is 33.6 Å². The second kappa shape index (κ2) is 10.9. The SMILES string of the molecule is CC(c1ccccc1)n1c(=N)c(C(=O)Nc2nnc(SCc3ccccc3)s2)cc2c(=O)n3ccccc3nc21. The topological polar surface area (TPSA) is 118 Å². The highest BCUT2D eigenvalue weighted by molar-refractivity contribution is 8.00. The van der Waals surface area contributed by atoms with Gasteiger partial charge in [-0.05, 0) is 36.2 Å². The Morgan fingerprint density at radius 2 is 1.75 bits per heavy atom. The van der Waals surface area contributed by atoms with E-state index >= 15 is 0 Å². The summed E-state index contributed by atoms with van der Waals surface area (Å²) in [4.78, 5) is 31.8. The maximum atomic E-state index is 13.5. The third kappa shape index (κ3) is 4.92. The van der Waals surface area contributed by atoms with E-state index < -0.39 is 5.91 Å². The van der Waals surface area contributed by atoms with E-state index in [1.54, 1.807) is 29.0 Å². The maximum Gasteiger partial charge on any atom is 0.267 e. The molecule has 4 aromatic heterocycles. The van der Waals surface area contributed by atoms with E-state index in [2.05, 4.69) is 15.5 Å². The molecule has 0 saturated heterocycles. The quantitative estimate of drug-likeness (QED) is 0.157. The number of thioether (sulfide) groups is 1. The summed E-state index contributed by atoms with van der Waals surface area (Å²) < 4.78 is 3.78. The summed E-state index contributed by atoms with van der Waals surface area (Å²) in [6.45, 7) is 1.92. The Hall–Kier alpha value is -4.61. The van der Waals surface area contributed by atoms with Crippen molar-refractivity contribution in [1.82, 2.24) is 24.1 Å². The molecule has 1 atom stereocenters. The molecule has 198 valence electrons. The lowest BCUT2D eigenvalue weighted by Gasteiger charge is -2.20. The van der Waals surface area contributed by atoms with Gasteiger partial charge in [0.2, 0.25) is 5.13 Å². The number of rotatable bonds is 7. The zero-order valence-electron chi connectivity index (χ0n) is 21.3. The van der Waals surface area contributed by atoms with Crippen LogP contribution in [-0.4, -0.2) is 30.1 Å². The zero-order chi connectivity index (χ0) is 27.6. The number of hydrogen-bond acceptors (Lipinski definition) is 8. The second-order valence-electron chi connectivity index (χ2n) is 9.05. The first kappa shape index (κ1) is 25.7. The molecule has 0 saturated carbocycles. The largest absolute Gasteiger partial charge is 0.303 e. The molecule has 0 radical (unpaired) electrons. The van der Waals surface area contributed by atoms with E-state index in [4.69, 9.17) is 10.4 Å². The lowest BCUT2D eigenvalue weighted by atomic mass is 10.1. The average molecular weight is 566 g/mol. The number of carbonyl (C=O) groups is 1. The molecule has 0 aliphatic rings. The minimum absolute atomic E-state index is 0.0405. The molecule has 2 aromatic carbocycles. The predicted octanol–water partition coefficient (Wildman–Crippen LogP) is 5.13. The first-order valence-corrected chi connectivity index (χ1v) is 14.3. The molecule has 0 fully saturated rings. The van der Waals surface area contributed by atoms with E-state index in [1.807, 2.05) is 67.6 Å². The first-order valence-electron chi connectivity index (χ1n) is 12.5. The Morgan fingerprint density at radius 1 is 1.02 bits per heavy atom. The Labute approximate surface area is 236 Å². The Bertz CT molecular complexity index is 1970. The average Bonchev–Trinajstić information content (AvgIpc) is 3.44. The fraction of sp³-hybridized carbons (Fsp3) is 0.103. The van der Waals surface area contributed by atoms with E-state index in [0.717, 1.165) is 16.9 Å². The number of nitrogens with zero attached hydrogens (tertiary/aromatic N) is 5. The molecule has 11 heteroatoms. The number of aromatic nitrogens is 5. The second-order valence-corrected chi connectivity index (χ2v) is 11.2. The molecule has 4 heterocycles. The van der Waals surface area contributed by atoms with Crippen LogP contribution in [0.1, 0.15) is 34.5 Å². The van der Waals surface area contributed by atoms with Crippen molar-refractivity contribution in [2.75, 3.05) is 5.32 Å². The summed E-state index contributed by atoms with van der Waals surface area (Å²) >= 11 is 2.79. The number of carbonyl (C=O) groups excluding carboxylic acids is 1. The third-order valence-electron chi connectivity index (χ3n) is 6.51. The summed E-state index contributed by atoms with van der Waals surface area (Å²) in [5.41, 5.74) is 2.53. The molecule has 2 N–H and O–H groups in total. The summed E-state index contributed by atoms with van der Waals surface area (Å²) in [5.74, 6) is 0.182. The van der Waals surface area contributed by atoms with Crippen LogP contribution >= 0.6 is 23.1 Å². The van der Waals surface area contributed by atoms with Crippen molar-refractivity contribution in [1.29, 1.82) is 5.41 Å². The first-order chi connectivity index (χ1) is 19.5. The van der Waals surface area contributed by atoms with E-state index in [-0.39, 0.29) is 28.0 Å². The minimum atomic E-state index is -0.547. The molecule has 40 heavy (non-hydrogen) atoms. The summed E-state index contributed by atoms with van der Waals surface area (Å²) in [7, 11) is 0. The van der Waals surface area contributed by atoms with Gasteiger partial charge < -0.3 is 4.57 Å². The highest BCUT2D eigenvalue weighted by atomic mass is 32.2. The van der Waals surface area contributed by atoms with Crippen LogP contribution in [0.5, 0.6) is 0 Å². The predicted molar refractivity (Wildman–Crippen MR) is 157 cm³/mol. The molecule has 0 bridgehead atoms. The lowest BCUT2D eigenvalue weighted by molar-refractivity contribution is 0.102. The molecule has 0 aliphatic carbocycles. The smallest absolute Gasteiger partial charge is 0.267 e. The Balaban J connectivity index is 1.40. The summed E-state index contributed by atoms with van der Waals surface area (Å²) in [6, 6.07) is 26.0. The normalized spacial score (nSPS) is 12.0. The fourth-order valence-electron chi connectivity index (χ4n) is 4.48. The third-order valence-corrected chi connectivity index (χ3v) is 8.55. The number of benzene rings is 2. The van der Waals surface area contributed by atoms with Gasteiger partial charge in [-0.25, -0.2) is 4.98 Å². The van der Waals surface area contributed by atoms with Gasteiger partial charge in [-0.15, -0.1) is 10.2 Å². The number of amides is 1. The molecule has 6 aromatic rings. The number of hydrogen-bond donors (Lipinski definition) is 2. The van der Waals surface area contributed by atoms with Crippen LogP contribution in [0.25, 0.3) is 16.7 Å². The number of nitrogens with one attached hydrogen (secondary N) is 2.